The van der Waals surface area contributed by atoms with Crippen LogP contribution in [0.2, 0.25) is 0 Å². The van der Waals surface area contributed by atoms with Gasteiger partial charge in [0.05, 0.1) is 13.3 Å². The minimum absolute atomic E-state index is 0.560. The first kappa shape index (κ1) is 13.7. The largest absolute Gasteiger partial charge is 0.496 e. The Hall–Kier alpha value is -1.40. The second-order valence-corrected chi connectivity index (χ2v) is 4.21. The second-order valence-electron chi connectivity index (χ2n) is 3.30. The molecule has 1 rings (SSSR count). The van der Waals surface area contributed by atoms with Crippen molar-refractivity contribution in [3.63, 3.8) is 0 Å². The Morgan fingerprint density at radius 1 is 1.65 bits per heavy atom. The number of carbonyl (C=O) groups excluding carboxylic acids is 1. The SMILES string of the molecule is COc1ccc(Br)cc1/C=N\NC(=O)[C@@H](C)O. The summed E-state index contributed by atoms with van der Waals surface area (Å²) >= 11 is 3.32. The number of halogens is 1. The maximum Gasteiger partial charge on any atom is 0.268 e. The number of nitrogens with zero attached hydrogens (tertiary/aromatic N) is 1. The molecule has 0 aromatic heterocycles. The molecule has 1 aromatic rings. The molecule has 0 radical (unpaired) electrons. The summed E-state index contributed by atoms with van der Waals surface area (Å²) in [4.78, 5) is 11.0. The Morgan fingerprint density at radius 3 is 2.94 bits per heavy atom. The van der Waals surface area contributed by atoms with Gasteiger partial charge in [0.25, 0.3) is 5.91 Å². The number of ether oxygens (including phenoxy) is 1. The average Bonchev–Trinajstić information content (AvgIpc) is 2.29. The number of nitrogens with one attached hydrogen (secondary N) is 1. The molecule has 0 aliphatic rings. The first-order chi connectivity index (χ1) is 8.04. The zero-order valence-electron chi connectivity index (χ0n) is 9.48. The lowest BCUT2D eigenvalue weighted by molar-refractivity contribution is -0.128. The Labute approximate surface area is 108 Å². The molecule has 1 atom stereocenters. The number of methoxy groups -OCH3 is 1. The van der Waals surface area contributed by atoms with Crippen LogP contribution in [0.25, 0.3) is 0 Å². The molecule has 5 nitrogen and oxygen atoms in total. The molecule has 0 saturated heterocycles. The Morgan fingerprint density at radius 2 is 2.35 bits per heavy atom. The molecule has 0 spiro atoms. The van der Waals surface area contributed by atoms with Gasteiger partial charge < -0.3 is 9.84 Å². The fourth-order valence-electron chi connectivity index (χ4n) is 1.06. The van der Waals surface area contributed by atoms with Crippen molar-refractivity contribution in [1.82, 2.24) is 5.43 Å². The summed E-state index contributed by atoms with van der Waals surface area (Å²) < 4.78 is 6.01. The van der Waals surface area contributed by atoms with Gasteiger partial charge in [-0.05, 0) is 25.1 Å². The van der Waals surface area contributed by atoms with E-state index in [2.05, 4.69) is 26.5 Å². The lowest BCUT2D eigenvalue weighted by atomic mass is 10.2. The number of amides is 1. The molecule has 17 heavy (non-hydrogen) atoms. The number of aliphatic hydroxyl groups is 1. The van der Waals surface area contributed by atoms with Crippen LogP contribution in [0, 0.1) is 0 Å². The molecule has 0 fully saturated rings. The number of aliphatic hydroxyl groups excluding tert-OH is 1. The van der Waals surface area contributed by atoms with Gasteiger partial charge in [-0.2, -0.15) is 5.10 Å². The van der Waals surface area contributed by atoms with E-state index in [1.807, 2.05) is 6.07 Å². The number of hydrogen-bond acceptors (Lipinski definition) is 4. The molecule has 6 heteroatoms. The first-order valence-corrected chi connectivity index (χ1v) is 5.68. The maximum atomic E-state index is 11.0. The molecule has 92 valence electrons. The van der Waals surface area contributed by atoms with E-state index >= 15 is 0 Å². The van der Waals surface area contributed by atoms with Crippen LogP contribution in [-0.4, -0.2) is 30.4 Å². The average molecular weight is 301 g/mol. The summed E-state index contributed by atoms with van der Waals surface area (Å²) in [6, 6.07) is 5.42. The summed E-state index contributed by atoms with van der Waals surface area (Å²) in [7, 11) is 1.55. The molecule has 0 aliphatic carbocycles. The number of carbonyl (C=O) groups is 1. The molecule has 0 aliphatic heterocycles. The number of benzene rings is 1. The van der Waals surface area contributed by atoms with Gasteiger partial charge in [-0.3, -0.25) is 4.79 Å². The fraction of sp³-hybridized carbons (Fsp3) is 0.273. The monoisotopic (exact) mass is 300 g/mol. The second kappa shape index (κ2) is 6.36. The Balaban J connectivity index is 2.77. The number of hydrazone groups is 1. The quantitative estimate of drug-likeness (QED) is 0.650. The highest BCUT2D eigenvalue weighted by atomic mass is 79.9. The van der Waals surface area contributed by atoms with Gasteiger partial charge in [0.2, 0.25) is 0 Å². The molecular formula is C11H13BrN2O3. The topological polar surface area (TPSA) is 70.9 Å². The molecule has 2 N–H and O–H groups in total. The summed E-state index contributed by atoms with van der Waals surface area (Å²) in [6.07, 6.45) is 0.362. The van der Waals surface area contributed by atoms with Crippen molar-refractivity contribution < 1.29 is 14.6 Å². The Kier molecular flexibility index (Phi) is 5.11. The van der Waals surface area contributed by atoms with Crippen LogP contribution in [0.5, 0.6) is 5.75 Å². The lowest BCUT2D eigenvalue weighted by Gasteiger charge is -2.05. The minimum atomic E-state index is -1.09. The van der Waals surface area contributed by atoms with E-state index in [0.717, 1.165) is 4.47 Å². The third kappa shape index (κ3) is 4.16. The smallest absolute Gasteiger partial charge is 0.268 e. The predicted molar refractivity (Wildman–Crippen MR) is 68.1 cm³/mol. The van der Waals surface area contributed by atoms with Crippen LogP contribution in [0.4, 0.5) is 0 Å². The van der Waals surface area contributed by atoms with E-state index < -0.39 is 12.0 Å². The fourth-order valence-corrected chi connectivity index (χ4v) is 1.44. The van der Waals surface area contributed by atoms with E-state index in [9.17, 15) is 4.79 Å². The highest BCUT2D eigenvalue weighted by molar-refractivity contribution is 9.10. The van der Waals surface area contributed by atoms with Crippen molar-refractivity contribution in [2.24, 2.45) is 5.10 Å². The zero-order valence-corrected chi connectivity index (χ0v) is 11.1. The summed E-state index contributed by atoms with van der Waals surface area (Å²) in [5, 5.41) is 12.7. The van der Waals surface area contributed by atoms with E-state index in [1.165, 1.54) is 13.1 Å². The van der Waals surface area contributed by atoms with Gasteiger partial charge in [0, 0.05) is 10.0 Å². The number of rotatable bonds is 4. The molecule has 0 unspecified atom stereocenters. The van der Waals surface area contributed by atoms with Gasteiger partial charge >= 0.3 is 0 Å². The maximum absolute atomic E-state index is 11.0. The van der Waals surface area contributed by atoms with E-state index in [4.69, 9.17) is 9.84 Å². The van der Waals surface area contributed by atoms with Gasteiger partial charge in [-0.1, -0.05) is 15.9 Å². The first-order valence-electron chi connectivity index (χ1n) is 4.89. The molecule has 0 heterocycles. The van der Waals surface area contributed by atoms with Crippen molar-refractivity contribution >= 4 is 28.1 Å². The highest BCUT2D eigenvalue weighted by Crippen LogP contribution is 2.21. The van der Waals surface area contributed by atoms with Gasteiger partial charge in [0.1, 0.15) is 11.9 Å². The highest BCUT2D eigenvalue weighted by Gasteiger charge is 2.06. The van der Waals surface area contributed by atoms with Crippen molar-refractivity contribution in [2.75, 3.05) is 7.11 Å². The molecular weight excluding hydrogens is 288 g/mol. The molecule has 0 bridgehead atoms. The van der Waals surface area contributed by atoms with Crippen LogP contribution in [0.1, 0.15) is 12.5 Å². The normalized spacial score (nSPS) is 12.5. The number of hydrogen-bond donors (Lipinski definition) is 2. The van der Waals surface area contributed by atoms with Crippen LogP contribution >= 0.6 is 15.9 Å². The van der Waals surface area contributed by atoms with Gasteiger partial charge in [-0.25, -0.2) is 5.43 Å². The van der Waals surface area contributed by atoms with E-state index in [0.29, 0.717) is 11.3 Å². The summed E-state index contributed by atoms with van der Waals surface area (Å²) in [5.41, 5.74) is 2.93. The van der Waals surface area contributed by atoms with Crippen LogP contribution < -0.4 is 10.2 Å². The zero-order chi connectivity index (χ0) is 12.8. The van der Waals surface area contributed by atoms with Crippen molar-refractivity contribution in [3.8, 4) is 5.75 Å². The van der Waals surface area contributed by atoms with E-state index in [-0.39, 0.29) is 0 Å². The third-order valence-corrected chi connectivity index (χ3v) is 2.44. The predicted octanol–water partition coefficient (Wildman–Crippen LogP) is 1.29. The molecule has 0 saturated carbocycles. The van der Waals surface area contributed by atoms with Gasteiger partial charge in [0.15, 0.2) is 0 Å². The summed E-state index contributed by atoms with van der Waals surface area (Å²) in [6.45, 7) is 1.37. The Bertz CT molecular complexity index is 433. The van der Waals surface area contributed by atoms with Crippen molar-refractivity contribution in [1.29, 1.82) is 0 Å². The molecule has 1 aromatic carbocycles. The minimum Gasteiger partial charge on any atom is -0.496 e. The van der Waals surface area contributed by atoms with E-state index in [1.54, 1.807) is 19.2 Å². The third-order valence-electron chi connectivity index (χ3n) is 1.95. The van der Waals surface area contributed by atoms with Crippen molar-refractivity contribution in [2.45, 2.75) is 13.0 Å². The lowest BCUT2D eigenvalue weighted by Crippen LogP contribution is -2.28. The van der Waals surface area contributed by atoms with Crippen LogP contribution in [0.15, 0.2) is 27.8 Å². The molecule has 1 amide bonds. The van der Waals surface area contributed by atoms with Crippen LogP contribution in [0.3, 0.4) is 0 Å². The van der Waals surface area contributed by atoms with Gasteiger partial charge in [-0.15, -0.1) is 0 Å². The van der Waals surface area contributed by atoms with Crippen LogP contribution in [-0.2, 0) is 4.79 Å². The summed E-state index contributed by atoms with van der Waals surface area (Å²) in [5.74, 6) is 0.0819. The standard InChI is InChI=1S/C11H13BrN2O3/c1-7(15)11(16)14-13-6-8-5-9(12)3-4-10(8)17-2/h3-7,15H,1-2H3,(H,14,16)/b13-6-/t7-/m1/s1. The van der Waals surface area contributed by atoms with Crippen molar-refractivity contribution in [3.05, 3.63) is 28.2 Å².